The van der Waals surface area contributed by atoms with Gasteiger partial charge in [0.2, 0.25) is 0 Å². The highest BCUT2D eigenvalue weighted by molar-refractivity contribution is 6.30. The Morgan fingerprint density at radius 1 is 1.50 bits per heavy atom. The average Bonchev–Trinajstić information content (AvgIpc) is 2.44. The Labute approximate surface area is 122 Å². The number of aliphatic hydroxyl groups is 1. The van der Waals surface area contributed by atoms with Gasteiger partial charge in [-0.15, -0.1) is 0 Å². The number of hydrogen-bond acceptors (Lipinski definition) is 3. The fraction of sp³-hybridized carbons (Fsp3) is 0.500. The minimum absolute atomic E-state index is 0.0121. The normalized spacial score (nSPS) is 20.2. The topological polar surface area (TPSA) is 43.8 Å². The molecular weight excluding hydrogens is 283 g/mol. The van der Waals surface area contributed by atoms with Crippen LogP contribution in [0.1, 0.15) is 16.8 Å². The van der Waals surface area contributed by atoms with Gasteiger partial charge in [-0.25, -0.2) is 4.39 Å². The van der Waals surface area contributed by atoms with Gasteiger partial charge in [0.05, 0.1) is 5.02 Å². The Bertz CT molecular complexity index is 498. The molecular formula is C14H18ClFN2O2. The predicted octanol–water partition coefficient (Wildman–Crippen LogP) is 1.62. The summed E-state index contributed by atoms with van der Waals surface area (Å²) in [6.45, 7) is 1.97. The van der Waals surface area contributed by atoms with Crippen LogP contribution in [0.3, 0.4) is 0 Å². The fourth-order valence-electron chi connectivity index (χ4n) is 2.40. The largest absolute Gasteiger partial charge is 0.396 e. The second-order valence-electron chi connectivity index (χ2n) is 5.03. The minimum atomic E-state index is -0.585. The van der Waals surface area contributed by atoms with Crippen molar-refractivity contribution in [2.45, 2.75) is 12.5 Å². The van der Waals surface area contributed by atoms with Gasteiger partial charge in [0, 0.05) is 37.8 Å². The molecule has 110 valence electrons. The molecule has 0 aliphatic carbocycles. The van der Waals surface area contributed by atoms with Crippen LogP contribution in [0.2, 0.25) is 5.02 Å². The first-order chi connectivity index (χ1) is 9.52. The van der Waals surface area contributed by atoms with Crippen LogP contribution in [0.4, 0.5) is 4.39 Å². The number of rotatable bonds is 3. The van der Waals surface area contributed by atoms with E-state index in [0.29, 0.717) is 25.1 Å². The zero-order chi connectivity index (χ0) is 14.7. The number of likely N-dealkylation sites (N-methyl/N-ethyl adjacent to an activating group) is 1. The maximum absolute atomic E-state index is 13.4. The summed E-state index contributed by atoms with van der Waals surface area (Å²) < 4.78 is 13.4. The molecule has 0 aromatic heterocycles. The Morgan fingerprint density at radius 2 is 2.25 bits per heavy atom. The van der Waals surface area contributed by atoms with E-state index in [1.807, 2.05) is 7.05 Å². The van der Waals surface area contributed by atoms with Crippen LogP contribution in [0.15, 0.2) is 18.2 Å². The maximum Gasteiger partial charge on any atom is 0.254 e. The lowest BCUT2D eigenvalue weighted by molar-refractivity contribution is 0.0500. The van der Waals surface area contributed by atoms with Gasteiger partial charge in [0.15, 0.2) is 0 Å². The van der Waals surface area contributed by atoms with E-state index in [4.69, 9.17) is 16.7 Å². The summed E-state index contributed by atoms with van der Waals surface area (Å²) in [5.41, 5.74) is 0.305. The van der Waals surface area contributed by atoms with E-state index >= 15 is 0 Å². The van der Waals surface area contributed by atoms with Crippen molar-refractivity contribution in [3.05, 3.63) is 34.6 Å². The van der Waals surface area contributed by atoms with E-state index in [0.717, 1.165) is 6.54 Å². The van der Waals surface area contributed by atoms with Crippen molar-refractivity contribution >= 4 is 17.5 Å². The molecule has 0 radical (unpaired) electrons. The minimum Gasteiger partial charge on any atom is -0.396 e. The first kappa shape index (κ1) is 15.2. The summed E-state index contributed by atoms with van der Waals surface area (Å²) in [4.78, 5) is 16.2. The SMILES string of the molecule is CN1CCN(C(=O)c2ccc(Cl)c(F)c2)CC1CCO. The Kier molecular flexibility index (Phi) is 4.96. The van der Waals surface area contributed by atoms with Crippen LogP contribution >= 0.6 is 11.6 Å². The van der Waals surface area contributed by atoms with E-state index in [1.54, 1.807) is 4.90 Å². The van der Waals surface area contributed by atoms with Crippen LogP contribution < -0.4 is 0 Å². The van der Waals surface area contributed by atoms with Crippen LogP contribution in [0.25, 0.3) is 0 Å². The van der Waals surface area contributed by atoms with Gasteiger partial charge in [0.25, 0.3) is 5.91 Å². The van der Waals surface area contributed by atoms with Crippen LogP contribution in [0.5, 0.6) is 0 Å². The second-order valence-corrected chi connectivity index (χ2v) is 5.43. The number of hydrogen-bond donors (Lipinski definition) is 1. The molecule has 6 heteroatoms. The van der Waals surface area contributed by atoms with Gasteiger partial charge >= 0.3 is 0 Å². The summed E-state index contributed by atoms with van der Waals surface area (Å²) in [6, 6.07) is 4.23. The molecule has 0 bridgehead atoms. The molecule has 1 amide bonds. The first-order valence-corrected chi connectivity index (χ1v) is 6.96. The van der Waals surface area contributed by atoms with E-state index in [2.05, 4.69) is 4.90 Å². The molecule has 1 aliphatic rings. The number of amides is 1. The number of nitrogens with zero attached hydrogens (tertiary/aromatic N) is 2. The highest BCUT2D eigenvalue weighted by Crippen LogP contribution is 2.18. The van der Waals surface area contributed by atoms with Crippen molar-refractivity contribution in [3.8, 4) is 0 Å². The molecule has 1 fully saturated rings. The standard InChI is InChI=1S/C14H18ClFN2O2/c1-17-5-6-18(9-11(17)4-7-19)14(20)10-2-3-12(15)13(16)8-10/h2-3,8,11,19H,4-7,9H2,1H3. The van der Waals surface area contributed by atoms with Crippen molar-refractivity contribution in [2.75, 3.05) is 33.3 Å². The molecule has 1 atom stereocenters. The second kappa shape index (κ2) is 6.52. The molecule has 0 spiro atoms. The van der Waals surface area contributed by atoms with E-state index in [9.17, 15) is 9.18 Å². The van der Waals surface area contributed by atoms with Gasteiger partial charge in [-0.05, 0) is 31.7 Å². The fourth-order valence-corrected chi connectivity index (χ4v) is 2.52. The van der Waals surface area contributed by atoms with Gasteiger partial charge in [0.1, 0.15) is 5.82 Å². The monoisotopic (exact) mass is 300 g/mol. The molecule has 1 N–H and O–H groups in total. The highest BCUT2D eigenvalue weighted by atomic mass is 35.5. The molecule has 1 unspecified atom stereocenters. The van der Waals surface area contributed by atoms with Gasteiger partial charge in [-0.2, -0.15) is 0 Å². The maximum atomic E-state index is 13.4. The molecule has 4 nitrogen and oxygen atoms in total. The summed E-state index contributed by atoms with van der Waals surface area (Å²) in [5, 5.41) is 9.06. The molecule has 1 heterocycles. The summed E-state index contributed by atoms with van der Waals surface area (Å²) in [5.74, 6) is -0.782. The van der Waals surface area contributed by atoms with E-state index in [-0.39, 0.29) is 23.6 Å². The Morgan fingerprint density at radius 3 is 2.90 bits per heavy atom. The molecule has 1 saturated heterocycles. The third-order valence-electron chi connectivity index (χ3n) is 3.69. The van der Waals surface area contributed by atoms with Crippen molar-refractivity contribution < 1.29 is 14.3 Å². The molecule has 20 heavy (non-hydrogen) atoms. The van der Waals surface area contributed by atoms with Crippen molar-refractivity contribution in [2.24, 2.45) is 0 Å². The molecule has 0 saturated carbocycles. The third kappa shape index (κ3) is 3.29. The van der Waals surface area contributed by atoms with E-state index in [1.165, 1.54) is 18.2 Å². The third-order valence-corrected chi connectivity index (χ3v) is 4.00. The Balaban J connectivity index is 2.10. The lowest BCUT2D eigenvalue weighted by Crippen LogP contribution is -2.53. The number of piperazine rings is 1. The lowest BCUT2D eigenvalue weighted by atomic mass is 10.1. The number of aliphatic hydroxyl groups excluding tert-OH is 1. The van der Waals surface area contributed by atoms with E-state index < -0.39 is 5.82 Å². The van der Waals surface area contributed by atoms with Crippen LogP contribution in [0, 0.1) is 5.82 Å². The van der Waals surface area contributed by atoms with Crippen LogP contribution in [-0.2, 0) is 0 Å². The highest BCUT2D eigenvalue weighted by Gasteiger charge is 2.27. The molecule has 1 aliphatic heterocycles. The zero-order valence-electron chi connectivity index (χ0n) is 11.4. The van der Waals surface area contributed by atoms with Gasteiger partial charge in [-0.1, -0.05) is 11.6 Å². The Hall–Kier alpha value is -1.17. The molecule has 2 rings (SSSR count). The zero-order valence-corrected chi connectivity index (χ0v) is 12.1. The number of halogens is 2. The first-order valence-electron chi connectivity index (χ1n) is 6.58. The predicted molar refractivity (Wildman–Crippen MR) is 75.4 cm³/mol. The summed E-state index contributed by atoms with van der Waals surface area (Å²) in [6.07, 6.45) is 0.620. The van der Waals surface area contributed by atoms with Crippen LogP contribution in [-0.4, -0.2) is 60.1 Å². The van der Waals surface area contributed by atoms with Crippen molar-refractivity contribution in [3.63, 3.8) is 0 Å². The summed E-state index contributed by atoms with van der Waals surface area (Å²) >= 11 is 5.62. The van der Waals surface area contributed by atoms with Gasteiger partial charge in [-0.3, -0.25) is 9.69 Å². The summed E-state index contributed by atoms with van der Waals surface area (Å²) in [7, 11) is 1.98. The molecule has 1 aromatic rings. The number of carbonyl (C=O) groups excluding carboxylic acids is 1. The number of carbonyl (C=O) groups is 1. The quantitative estimate of drug-likeness (QED) is 0.922. The van der Waals surface area contributed by atoms with Crippen molar-refractivity contribution in [1.82, 2.24) is 9.80 Å². The molecule has 1 aromatic carbocycles. The number of benzene rings is 1. The van der Waals surface area contributed by atoms with Crippen molar-refractivity contribution in [1.29, 1.82) is 0 Å². The lowest BCUT2D eigenvalue weighted by Gasteiger charge is -2.39. The average molecular weight is 301 g/mol. The van der Waals surface area contributed by atoms with Gasteiger partial charge < -0.3 is 10.0 Å². The smallest absolute Gasteiger partial charge is 0.254 e.